The second kappa shape index (κ2) is 7.23. The number of aliphatic hydroxyl groups is 1. The molecule has 0 saturated heterocycles. The second-order valence-corrected chi connectivity index (χ2v) is 4.34. The number of anilines is 1. The van der Waals surface area contributed by atoms with Gasteiger partial charge in [-0.3, -0.25) is 4.98 Å². The lowest BCUT2D eigenvalue weighted by atomic mass is 10.1. The van der Waals surface area contributed by atoms with Crippen molar-refractivity contribution < 1.29 is 5.11 Å². The van der Waals surface area contributed by atoms with Gasteiger partial charge in [0.15, 0.2) is 0 Å². The van der Waals surface area contributed by atoms with Crippen molar-refractivity contribution in [3.8, 4) is 0 Å². The molecule has 1 aromatic rings. The van der Waals surface area contributed by atoms with Gasteiger partial charge >= 0.3 is 0 Å². The van der Waals surface area contributed by atoms with E-state index in [2.05, 4.69) is 36.3 Å². The minimum Gasteiger partial charge on any atom is -0.396 e. The van der Waals surface area contributed by atoms with E-state index >= 15 is 0 Å². The maximum atomic E-state index is 8.63. The summed E-state index contributed by atoms with van der Waals surface area (Å²) in [5.74, 6) is 0.485. The van der Waals surface area contributed by atoms with E-state index in [1.807, 2.05) is 6.20 Å². The monoisotopic (exact) mass is 222 g/mol. The number of aliphatic hydroxyl groups excluding tert-OH is 1. The topological polar surface area (TPSA) is 45.1 Å². The minimum absolute atomic E-state index is 0.296. The van der Waals surface area contributed by atoms with Crippen LogP contribution in [-0.2, 0) is 0 Å². The molecule has 0 spiro atoms. The second-order valence-electron chi connectivity index (χ2n) is 4.34. The van der Waals surface area contributed by atoms with Crippen molar-refractivity contribution in [1.29, 1.82) is 0 Å². The predicted octanol–water partition coefficient (Wildman–Crippen LogP) is 2.78. The first-order valence-corrected chi connectivity index (χ1v) is 6.04. The van der Waals surface area contributed by atoms with E-state index < -0.39 is 0 Å². The van der Waals surface area contributed by atoms with Crippen molar-refractivity contribution in [3.63, 3.8) is 0 Å². The zero-order chi connectivity index (χ0) is 11.8. The van der Waals surface area contributed by atoms with E-state index in [1.165, 1.54) is 0 Å². The van der Waals surface area contributed by atoms with Crippen LogP contribution in [0.3, 0.4) is 0 Å². The first kappa shape index (κ1) is 13.0. The van der Waals surface area contributed by atoms with Crippen molar-refractivity contribution >= 4 is 5.69 Å². The van der Waals surface area contributed by atoms with Crippen LogP contribution >= 0.6 is 0 Å². The summed E-state index contributed by atoms with van der Waals surface area (Å²) in [5.41, 5.74) is 2.21. The molecule has 90 valence electrons. The van der Waals surface area contributed by atoms with Gasteiger partial charge in [0, 0.05) is 18.8 Å². The Hall–Kier alpha value is -1.09. The Morgan fingerprint density at radius 2 is 2.06 bits per heavy atom. The molecule has 0 aliphatic heterocycles. The average molecular weight is 222 g/mol. The van der Waals surface area contributed by atoms with E-state index in [4.69, 9.17) is 5.11 Å². The zero-order valence-electron chi connectivity index (χ0n) is 10.2. The highest BCUT2D eigenvalue weighted by Crippen LogP contribution is 2.13. The van der Waals surface area contributed by atoms with E-state index in [0.717, 1.165) is 37.2 Å². The summed E-state index contributed by atoms with van der Waals surface area (Å²) in [6.45, 7) is 5.53. The van der Waals surface area contributed by atoms with Crippen molar-refractivity contribution in [2.75, 3.05) is 18.5 Å². The number of hydrogen-bond acceptors (Lipinski definition) is 3. The lowest BCUT2D eigenvalue weighted by Gasteiger charge is -2.08. The molecule has 1 rings (SSSR count). The Morgan fingerprint density at radius 3 is 2.62 bits per heavy atom. The standard InChI is InChI=1S/C13H22N2O/c1-11(2)13-7-6-12(10-15-13)14-8-4-3-5-9-16/h6-7,10-11,14,16H,3-5,8-9H2,1-2H3. The molecule has 3 nitrogen and oxygen atoms in total. The SMILES string of the molecule is CC(C)c1ccc(NCCCCCO)cn1. The van der Waals surface area contributed by atoms with Crippen LogP contribution in [0.4, 0.5) is 5.69 Å². The summed E-state index contributed by atoms with van der Waals surface area (Å²) in [4.78, 5) is 4.39. The summed E-state index contributed by atoms with van der Waals surface area (Å²) in [5, 5.41) is 12.0. The Balaban J connectivity index is 2.27. The highest BCUT2D eigenvalue weighted by molar-refractivity contribution is 5.41. The maximum absolute atomic E-state index is 8.63. The minimum atomic E-state index is 0.296. The van der Waals surface area contributed by atoms with Gasteiger partial charge in [0.1, 0.15) is 0 Å². The summed E-state index contributed by atoms with van der Waals surface area (Å²) in [6.07, 6.45) is 4.95. The molecule has 0 saturated carbocycles. The average Bonchev–Trinajstić information content (AvgIpc) is 2.29. The Labute approximate surface area is 97.9 Å². The van der Waals surface area contributed by atoms with E-state index in [1.54, 1.807) is 0 Å². The summed E-state index contributed by atoms with van der Waals surface area (Å²) in [6, 6.07) is 4.15. The third-order valence-electron chi connectivity index (χ3n) is 2.54. The molecule has 0 aromatic carbocycles. The number of aromatic nitrogens is 1. The Bertz CT molecular complexity index is 282. The lowest BCUT2D eigenvalue weighted by molar-refractivity contribution is 0.283. The predicted molar refractivity (Wildman–Crippen MR) is 67.8 cm³/mol. The third-order valence-corrected chi connectivity index (χ3v) is 2.54. The van der Waals surface area contributed by atoms with Crippen molar-refractivity contribution in [1.82, 2.24) is 4.98 Å². The first-order valence-electron chi connectivity index (χ1n) is 6.04. The van der Waals surface area contributed by atoms with Gasteiger partial charge in [-0.25, -0.2) is 0 Å². The molecular weight excluding hydrogens is 200 g/mol. The molecule has 3 heteroatoms. The number of unbranched alkanes of at least 4 members (excludes halogenated alkanes) is 2. The Morgan fingerprint density at radius 1 is 1.25 bits per heavy atom. The lowest BCUT2D eigenvalue weighted by Crippen LogP contribution is -2.03. The molecule has 0 fully saturated rings. The van der Waals surface area contributed by atoms with Crippen LogP contribution in [0.5, 0.6) is 0 Å². The van der Waals surface area contributed by atoms with Gasteiger partial charge in [-0.15, -0.1) is 0 Å². The van der Waals surface area contributed by atoms with E-state index in [9.17, 15) is 0 Å². The van der Waals surface area contributed by atoms with E-state index in [-0.39, 0.29) is 0 Å². The van der Waals surface area contributed by atoms with Crippen molar-refractivity contribution in [2.24, 2.45) is 0 Å². The van der Waals surface area contributed by atoms with Gasteiger partial charge in [-0.1, -0.05) is 13.8 Å². The van der Waals surface area contributed by atoms with Gasteiger partial charge < -0.3 is 10.4 Å². The number of nitrogens with zero attached hydrogens (tertiary/aromatic N) is 1. The fourth-order valence-electron chi connectivity index (χ4n) is 1.50. The van der Waals surface area contributed by atoms with E-state index in [0.29, 0.717) is 12.5 Å². The van der Waals surface area contributed by atoms with Crippen LogP contribution in [0.2, 0.25) is 0 Å². The molecule has 0 aliphatic carbocycles. The number of hydrogen-bond donors (Lipinski definition) is 2. The van der Waals surface area contributed by atoms with Gasteiger partial charge in [-0.05, 0) is 37.3 Å². The van der Waals surface area contributed by atoms with Crippen LogP contribution in [0.25, 0.3) is 0 Å². The maximum Gasteiger partial charge on any atom is 0.0526 e. The van der Waals surface area contributed by atoms with Crippen LogP contribution < -0.4 is 5.32 Å². The highest BCUT2D eigenvalue weighted by atomic mass is 16.2. The molecule has 0 radical (unpaired) electrons. The van der Waals surface area contributed by atoms with Gasteiger partial charge in [-0.2, -0.15) is 0 Å². The summed E-state index contributed by atoms with van der Waals surface area (Å²) >= 11 is 0. The van der Waals surface area contributed by atoms with Crippen LogP contribution in [-0.4, -0.2) is 23.2 Å². The normalized spacial score (nSPS) is 10.8. The molecule has 16 heavy (non-hydrogen) atoms. The van der Waals surface area contributed by atoms with Crippen LogP contribution in [0.1, 0.15) is 44.7 Å². The largest absolute Gasteiger partial charge is 0.396 e. The molecular formula is C13H22N2O. The smallest absolute Gasteiger partial charge is 0.0526 e. The fourth-order valence-corrected chi connectivity index (χ4v) is 1.50. The molecule has 0 aliphatic rings. The molecule has 0 atom stereocenters. The number of nitrogens with one attached hydrogen (secondary N) is 1. The van der Waals surface area contributed by atoms with Gasteiger partial charge in [0.25, 0.3) is 0 Å². The molecule has 1 aromatic heterocycles. The third kappa shape index (κ3) is 4.62. The highest BCUT2D eigenvalue weighted by Gasteiger charge is 1.99. The Kier molecular flexibility index (Phi) is 5.86. The molecule has 0 amide bonds. The number of pyridine rings is 1. The first-order chi connectivity index (χ1) is 7.74. The van der Waals surface area contributed by atoms with Gasteiger partial charge in [0.2, 0.25) is 0 Å². The molecule has 1 heterocycles. The van der Waals surface area contributed by atoms with Crippen molar-refractivity contribution in [2.45, 2.75) is 39.0 Å². The van der Waals surface area contributed by atoms with Crippen LogP contribution in [0, 0.1) is 0 Å². The van der Waals surface area contributed by atoms with Crippen LogP contribution in [0.15, 0.2) is 18.3 Å². The molecule has 0 unspecified atom stereocenters. The summed E-state index contributed by atoms with van der Waals surface area (Å²) in [7, 11) is 0. The molecule has 0 bridgehead atoms. The number of rotatable bonds is 7. The van der Waals surface area contributed by atoms with Crippen molar-refractivity contribution in [3.05, 3.63) is 24.0 Å². The summed E-state index contributed by atoms with van der Waals surface area (Å²) < 4.78 is 0. The fraction of sp³-hybridized carbons (Fsp3) is 0.615. The zero-order valence-corrected chi connectivity index (χ0v) is 10.2. The van der Waals surface area contributed by atoms with Gasteiger partial charge in [0.05, 0.1) is 11.9 Å². The molecule has 2 N–H and O–H groups in total. The quantitative estimate of drug-likeness (QED) is 0.697.